The molecule has 0 spiro atoms. The van der Waals surface area contributed by atoms with Gasteiger partial charge in [0.05, 0.1) is 4.83 Å². The Kier molecular flexibility index (Phi) is 4.08. The van der Waals surface area contributed by atoms with Crippen LogP contribution in [0.15, 0.2) is 18.2 Å². The Labute approximate surface area is 95.4 Å². The maximum Gasteiger partial charge on any atom is 0.147 e. The Bertz CT molecular complexity index is 354. The lowest BCUT2D eigenvalue weighted by Crippen LogP contribution is -2.01. The first-order valence-corrected chi connectivity index (χ1v) is 5.34. The van der Waals surface area contributed by atoms with Crippen molar-refractivity contribution in [1.29, 1.82) is 0 Å². The van der Waals surface area contributed by atoms with E-state index in [1.54, 1.807) is 18.2 Å². The van der Waals surface area contributed by atoms with Crippen LogP contribution in [0.3, 0.4) is 0 Å². The summed E-state index contributed by atoms with van der Waals surface area (Å²) in [7, 11) is 0. The van der Waals surface area contributed by atoms with E-state index in [1.807, 2.05) is 0 Å². The van der Waals surface area contributed by atoms with Crippen LogP contribution in [0.4, 0.5) is 4.39 Å². The standard InChI is InChI=1S/C10H9BrClFO/c1-6(14)10(11)7-2-3-9(12)8(4-7)5-13/h2-4,10H,5H2,1H3. The van der Waals surface area contributed by atoms with Gasteiger partial charge in [0.25, 0.3) is 0 Å². The summed E-state index contributed by atoms with van der Waals surface area (Å²) in [4.78, 5) is 10.7. The number of alkyl halides is 2. The van der Waals surface area contributed by atoms with Gasteiger partial charge in [0.15, 0.2) is 0 Å². The van der Waals surface area contributed by atoms with E-state index < -0.39 is 6.67 Å². The molecule has 14 heavy (non-hydrogen) atoms. The molecule has 0 aliphatic heterocycles. The SMILES string of the molecule is CC(=O)C(Br)c1ccc(Cl)c(CF)c1. The largest absolute Gasteiger partial charge is 0.298 e. The number of carbonyl (C=O) groups is 1. The van der Waals surface area contributed by atoms with Crippen LogP contribution in [-0.4, -0.2) is 5.78 Å². The zero-order valence-electron chi connectivity index (χ0n) is 7.56. The van der Waals surface area contributed by atoms with Gasteiger partial charge in [-0.3, -0.25) is 4.79 Å². The van der Waals surface area contributed by atoms with Crippen molar-refractivity contribution in [3.8, 4) is 0 Å². The second kappa shape index (κ2) is 4.89. The molecule has 0 aromatic heterocycles. The summed E-state index contributed by atoms with van der Waals surface area (Å²) >= 11 is 8.96. The molecule has 1 atom stereocenters. The van der Waals surface area contributed by atoms with Crippen molar-refractivity contribution in [1.82, 2.24) is 0 Å². The first kappa shape index (κ1) is 11.7. The summed E-state index contributed by atoms with van der Waals surface area (Å²) in [6.45, 7) is 0.855. The van der Waals surface area contributed by atoms with Gasteiger partial charge < -0.3 is 0 Å². The highest BCUT2D eigenvalue weighted by Gasteiger charge is 2.13. The third-order valence-electron chi connectivity index (χ3n) is 1.86. The van der Waals surface area contributed by atoms with Crippen molar-refractivity contribution in [3.05, 3.63) is 34.3 Å². The number of hydrogen-bond donors (Lipinski definition) is 0. The number of carbonyl (C=O) groups excluding carboxylic acids is 1. The van der Waals surface area contributed by atoms with Gasteiger partial charge in [0.1, 0.15) is 12.5 Å². The van der Waals surface area contributed by atoms with Crippen molar-refractivity contribution in [2.24, 2.45) is 0 Å². The van der Waals surface area contributed by atoms with Crippen LogP contribution in [0.1, 0.15) is 22.9 Å². The fourth-order valence-corrected chi connectivity index (χ4v) is 1.54. The fourth-order valence-electron chi connectivity index (χ4n) is 1.09. The molecule has 1 rings (SSSR count). The quantitative estimate of drug-likeness (QED) is 0.769. The molecule has 0 radical (unpaired) electrons. The van der Waals surface area contributed by atoms with Crippen LogP contribution in [0.25, 0.3) is 0 Å². The molecule has 0 aliphatic rings. The summed E-state index contributed by atoms with van der Waals surface area (Å²) in [5.41, 5.74) is 1.14. The van der Waals surface area contributed by atoms with E-state index in [4.69, 9.17) is 11.6 Å². The van der Waals surface area contributed by atoms with Crippen molar-refractivity contribution in [3.63, 3.8) is 0 Å². The Hall–Kier alpha value is -0.410. The van der Waals surface area contributed by atoms with Gasteiger partial charge in [-0.15, -0.1) is 0 Å². The molecule has 1 unspecified atom stereocenters. The minimum atomic E-state index is -0.621. The van der Waals surface area contributed by atoms with Crippen LogP contribution in [0.2, 0.25) is 5.02 Å². The second-order valence-corrected chi connectivity index (χ2v) is 4.28. The normalized spacial score (nSPS) is 12.6. The van der Waals surface area contributed by atoms with E-state index in [0.717, 1.165) is 5.56 Å². The lowest BCUT2D eigenvalue weighted by molar-refractivity contribution is -0.116. The van der Waals surface area contributed by atoms with E-state index in [1.165, 1.54) is 6.92 Å². The van der Waals surface area contributed by atoms with Crippen molar-refractivity contribution >= 4 is 33.3 Å². The molecule has 0 aliphatic carbocycles. The van der Waals surface area contributed by atoms with Crippen LogP contribution in [0.5, 0.6) is 0 Å². The Morgan fingerprint density at radius 3 is 2.79 bits per heavy atom. The summed E-state index contributed by atoms with van der Waals surface area (Å²) in [6, 6.07) is 4.91. The summed E-state index contributed by atoms with van der Waals surface area (Å²) in [5, 5.41) is 0.388. The van der Waals surface area contributed by atoms with Gasteiger partial charge in [0.2, 0.25) is 0 Å². The number of hydrogen-bond acceptors (Lipinski definition) is 1. The highest BCUT2D eigenvalue weighted by atomic mass is 79.9. The third kappa shape index (κ3) is 2.55. The predicted molar refractivity (Wildman–Crippen MR) is 58.6 cm³/mol. The number of ketones is 1. The Balaban J connectivity index is 3.06. The van der Waals surface area contributed by atoms with Gasteiger partial charge in [-0.2, -0.15) is 0 Å². The minimum absolute atomic E-state index is 0.0165. The molecular weight excluding hydrogens is 270 g/mol. The fraction of sp³-hybridized carbons (Fsp3) is 0.300. The van der Waals surface area contributed by atoms with Crippen LogP contribution in [0, 0.1) is 0 Å². The van der Waals surface area contributed by atoms with Gasteiger partial charge in [-0.25, -0.2) is 4.39 Å². The molecule has 1 aromatic carbocycles. The molecule has 0 fully saturated rings. The summed E-state index contributed by atoms with van der Waals surface area (Å²) < 4.78 is 12.4. The molecule has 0 saturated carbocycles. The van der Waals surface area contributed by atoms with Crippen molar-refractivity contribution < 1.29 is 9.18 Å². The smallest absolute Gasteiger partial charge is 0.147 e. The monoisotopic (exact) mass is 278 g/mol. The highest BCUT2D eigenvalue weighted by molar-refractivity contribution is 9.09. The van der Waals surface area contributed by atoms with Crippen molar-refractivity contribution in [2.75, 3.05) is 0 Å². The highest BCUT2D eigenvalue weighted by Crippen LogP contribution is 2.27. The molecule has 76 valence electrons. The van der Waals surface area contributed by atoms with Gasteiger partial charge in [-0.1, -0.05) is 39.7 Å². The number of benzene rings is 1. The molecule has 0 N–H and O–H groups in total. The molecule has 0 heterocycles. The van der Waals surface area contributed by atoms with E-state index >= 15 is 0 Å². The molecule has 0 bridgehead atoms. The average Bonchev–Trinajstić information content (AvgIpc) is 2.17. The predicted octanol–water partition coefficient (Wildman–Crippen LogP) is 3.83. The summed E-state index contributed by atoms with van der Waals surface area (Å²) in [6.07, 6.45) is 0. The van der Waals surface area contributed by atoms with E-state index in [-0.39, 0.29) is 10.6 Å². The number of rotatable bonds is 3. The number of halogens is 3. The van der Waals surface area contributed by atoms with Gasteiger partial charge >= 0.3 is 0 Å². The average molecular weight is 280 g/mol. The van der Waals surface area contributed by atoms with Gasteiger partial charge in [-0.05, 0) is 18.6 Å². The summed E-state index contributed by atoms with van der Waals surface area (Å²) in [5.74, 6) is -0.0165. The minimum Gasteiger partial charge on any atom is -0.298 e. The van der Waals surface area contributed by atoms with E-state index in [9.17, 15) is 9.18 Å². The van der Waals surface area contributed by atoms with E-state index in [2.05, 4.69) is 15.9 Å². The Morgan fingerprint density at radius 1 is 1.64 bits per heavy atom. The van der Waals surface area contributed by atoms with Gasteiger partial charge in [0, 0.05) is 10.6 Å². The molecule has 0 saturated heterocycles. The first-order chi connectivity index (χ1) is 6.56. The zero-order chi connectivity index (χ0) is 10.7. The second-order valence-electron chi connectivity index (χ2n) is 2.96. The molecular formula is C10H9BrClFO. The Morgan fingerprint density at radius 2 is 2.29 bits per heavy atom. The topological polar surface area (TPSA) is 17.1 Å². The maximum atomic E-state index is 12.4. The van der Waals surface area contributed by atoms with Crippen LogP contribution in [-0.2, 0) is 11.5 Å². The maximum absolute atomic E-state index is 12.4. The first-order valence-electron chi connectivity index (χ1n) is 4.05. The lowest BCUT2D eigenvalue weighted by atomic mass is 10.1. The van der Waals surface area contributed by atoms with Crippen molar-refractivity contribution in [2.45, 2.75) is 18.4 Å². The molecule has 4 heteroatoms. The third-order valence-corrected chi connectivity index (χ3v) is 3.41. The molecule has 1 nitrogen and oxygen atoms in total. The van der Waals surface area contributed by atoms with E-state index in [0.29, 0.717) is 10.6 Å². The molecule has 1 aromatic rings. The van der Waals surface area contributed by atoms with Crippen LogP contribution < -0.4 is 0 Å². The van der Waals surface area contributed by atoms with Crippen LogP contribution >= 0.6 is 27.5 Å². The number of Topliss-reactive ketones (excluding diaryl/α,β-unsaturated/α-hetero) is 1. The zero-order valence-corrected chi connectivity index (χ0v) is 9.90. The molecule has 0 amide bonds. The lowest BCUT2D eigenvalue weighted by Gasteiger charge is -2.08.